The molecule has 4 rings (SSSR count). The maximum absolute atomic E-state index is 13.2. The van der Waals surface area contributed by atoms with E-state index in [0.29, 0.717) is 0 Å². The fraction of sp³-hybridized carbons (Fsp3) is 0.259. The summed E-state index contributed by atoms with van der Waals surface area (Å²) in [6.07, 6.45) is 20.4. The molecule has 0 unspecified atom stereocenters. The molecule has 3 fully saturated rings. The molecule has 1 aromatic carbocycles. The molecule has 2 atom stereocenters. The molecule has 10 radical (unpaired) electrons. The van der Waals surface area contributed by atoms with E-state index in [0.717, 1.165) is 11.5 Å². The predicted octanol–water partition coefficient (Wildman–Crippen LogP) is 4.64. The van der Waals surface area contributed by atoms with Gasteiger partial charge in [0.1, 0.15) is 0 Å². The molecule has 0 bridgehead atoms. The molecule has 1 saturated heterocycles. The first kappa shape index (κ1) is 26.7. The van der Waals surface area contributed by atoms with E-state index in [2.05, 4.69) is 0 Å². The van der Waals surface area contributed by atoms with Crippen molar-refractivity contribution in [2.75, 3.05) is 0 Å². The Kier molecular flexibility index (Phi) is 9.60. The molecule has 0 spiro atoms. The Hall–Kier alpha value is -1.58. The average molecular weight is 471 g/mol. The molecule has 32 heavy (non-hydrogen) atoms. The smallest absolute Gasteiger partial charge is 0.439 e. The van der Waals surface area contributed by atoms with Crippen LogP contribution in [0.2, 0.25) is 0 Å². The van der Waals surface area contributed by atoms with Gasteiger partial charge in [0.25, 0.3) is 0 Å². The fourth-order valence-electron chi connectivity index (χ4n) is 3.36. The van der Waals surface area contributed by atoms with Crippen LogP contribution in [0.4, 0.5) is 0 Å². The number of hydrogen-bond donors (Lipinski definition) is 0. The van der Waals surface area contributed by atoms with Crippen molar-refractivity contribution in [3.63, 3.8) is 0 Å². The second-order valence-electron chi connectivity index (χ2n) is 8.75. The third-order valence-electron chi connectivity index (χ3n) is 5.16. The van der Waals surface area contributed by atoms with Gasteiger partial charge in [-0.05, 0) is 76.4 Å². The Morgan fingerprint density at radius 1 is 0.969 bits per heavy atom. The molecule has 1 amide bonds. The molecule has 1 aliphatic heterocycles. The van der Waals surface area contributed by atoms with Gasteiger partial charge in [0, 0.05) is 11.3 Å². The summed E-state index contributed by atoms with van der Waals surface area (Å²) in [5.41, 5.74) is -0.843. The minimum atomic E-state index is -1.16. The minimum absolute atomic E-state index is 0. The number of carbonyl (C=O) groups is 2. The summed E-state index contributed by atoms with van der Waals surface area (Å²) in [6.45, 7) is 7.28. The van der Waals surface area contributed by atoms with Gasteiger partial charge >= 0.3 is 23.0 Å². The van der Waals surface area contributed by atoms with E-state index in [4.69, 9.17) is 4.74 Å². The number of rotatable bonds is 3. The van der Waals surface area contributed by atoms with E-state index >= 15 is 0 Å². The van der Waals surface area contributed by atoms with Crippen molar-refractivity contribution >= 4 is 18.0 Å². The fourth-order valence-corrected chi connectivity index (χ4v) is 3.36. The standard InChI is InChI=1S/C22H24NO3.C5H5.Fe/c1-21(2,3)19(24)23-18(17-12-8-9-13-17)26-20(25)22(23,4)15-14-16-10-6-5-7-11-16;1-2-4-5-3-1;/h5-15,18H,1-4H3;1-5H;/q;;+2/b15-14+;;/t18-,22+;;/m0../s1. The monoisotopic (exact) mass is 471 g/mol. The predicted molar refractivity (Wildman–Crippen MR) is 122 cm³/mol. The molecule has 2 aliphatic carbocycles. The summed E-state index contributed by atoms with van der Waals surface area (Å²) in [5, 5.41) is 0. The maximum atomic E-state index is 13.2. The van der Waals surface area contributed by atoms with Gasteiger partial charge in [0.05, 0.1) is 0 Å². The molecule has 166 valence electrons. The summed E-state index contributed by atoms with van der Waals surface area (Å²) in [7, 11) is 0. The van der Waals surface area contributed by atoms with Gasteiger partial charge in [-0.25, -0.2) is 4.79 Å². The Bertz CT molecular complexity index is 768. The first-order valence-electron chi connectivity index (χ1n) is 10.4. The van der Waals surface area contributed by atoms with Gasteiger partial charge in [-0.3, -0.25) is 9.69 Å². The van der Waals surface area contributed by atoms with Crippen LogP contribution >= 0.6 is 0 Å². The number of amides is 1. The van der Waals surface area contributed by atoms with Gasteiger partial charge in [-0.2, -0.15) is 0 Å². The molecule has 1 aromatic rings. The van der Waals surface area contributed by atoms with Crippen LogP contribution in [0.1, 0.15) is 33.3 Å². The van der Waals surface area contributed by atoms with Crippen LogP contribution < -0.4 is 0 Å². The van der Waals surface area contributed by atoms with E-state index in [-0.39, 0.29) is 23.0 Å². The van der Waals surface area contributed by atoms with Gasteiger partial charge in [0.2, 0.25) is 5.91 Å². The van der Waals surface area contributed by atoms with Gasteiger partial charge < -0.3 is 4.74 Å². The van der Waals surface area contributed by atoms with Crippen LogP contribution in [0.25, 0.3) is 6.08 Å². The van der Waals surface area contributed by atoms with Crippen molar-refractivity contribution in [3.8, 4) is 0 Å². The van der Waals surface area contributed by atoms with Gasteiger partial charge in [-0.1, -0.05) is 57.2 Å². The van der Waals surface area contributed by atoms with Gasteiger partial charge in [-0.15, -0.1) is 0 Å². The largest absolute Gasteiger partial charge is 2.00 e. The van der Waals surface area contributed by atoms with E-state index in [9.17, 15) is 9.59 Å². The molecule has 3 aliphatic rings. The second kappa shape index (κ2) is 11.5. The first-order chi connectivity index (χ1) is 14.7. The van der Waals surface area contributed by atoms with Crippen molar-refractivity contribution in [1.82, 2.24) is 4.90 Å². The molecule has 0 N–H and O–H groups in total. The van der Waals surface area contributed by atoms with Crippen LogP contribution in [-0.2, 0) is 31.4 Å². The maximum Gasteiger partial charge on any atom is 2.00 e. The van der Waals surface area contributed by atoms with E-state index in [1.54, 1.807) is 17.9 Å². The van der Waals surface area contributed by atoms with Crippen molar-refractivity contribution in [2.45, 2.75) is 39.5 Å². The zero-order valence-corrected chi connectivity index (χ0v) is 19.9. The van der Waals surface area contributed by atoms with Crippen molar-refractivity contribution in [1.29, 1.82) is 0 Å². The number of esters is 1. The summed E-state index contributed by atoms with van der Waals surface area (Å²) in [6, 6.07) is 9.69. The summed E-state index contributed by atoms with van der Waals surface area (Å²) in [5.74, 6) is 0.246. The molecular formula is C27H29FeNO3+2. The van der Waals surface area contributed by atoms with Crippen LogP contribution in [-0.4, -0.2) is 28.5 Å². The van der Waals surface area contributed by atoms with E-state index in [1.807, 2.05) is 115 Å². The van der Waals surface area contributed by atoms with Crippen molar-refractivity contribution in [3.05, 3.63) is 106 Å². The Labute approximate surface area is 204 Å². The molecular weight excluding hydrogens is 442 g/mol. The Morgan fingerprint density at radius 2 is 1.50 bits per heavy atom. The SMILES string of the molecule is CC(C)(C)C(=O)N1[C@H]([C]2[CH][CH][CH][CH]2)OC(=O)[C@@]1(C)/C=C/c1ccccc1.[CH]1[CH][CH][CH][CH]1.[Fe+2]. The van der Waals surface area contributed by atoms with E-state index < -0.39 is 23.2 Å². The van der Waals surface area contributed by atoms with Crippen LogP contribution in [0.5, 0.6) is 0 Å². The van der Waals surface area contributed by atoms with Gasteiger partial charge in [0.15, 0.2) is 11.8 Å². The summed E-state index contributed by atoms with van der Waals surface area (Å²) < 4.78 is 5.65. The first-order valence-corrected chi connectivity index (χ1v) is 10.4. The third kappa shape index (κ3) is 6.26. The number of nitrogens with zero attached hydrogens (tertiary/aromatic N) is 1. The number of benzene rings is 1. The summed E-state index contributed by atoms with van der Waals surface area (Å²) >= 11 is 0. The molecule has 2 saturated carbocycles. The van der Waals surface area contributed by atoms with Crippen molar-refractivity contribution in [2.24, 2.45) is 5.41 Å². The summed E-state index contributed by atoms with van der Waals surface area (Å²) in [4.78, 5) is 27.6. The van der Waals surface area contributed by atoms with Crippen molar-refractivity contribution < 1.29 is 31.4 Å². The van der Waals surface area contributed by atoms with Crippen LogP contribution in [0.15, 0.2) is 36.4 Å². The normalized spacial score (nSPS) is 25.9. The van der Waals surface area contributed by atoms with Crippen LogP contribution in [0.3, 0.4) is 0 Å². The Balaban J connectivity index is 0.000000534. The molecule has 5 heteroatoms. The minimum Gasteiger partial charge on any atom is -0.439 e. The zero-order valence-electron chi connectivity index (χ0n) is 18.8. The molecule has 4 nitrogen and oxygen atoms in total. The topological polar surface area (TPSA) is 46.6 Å². The second-order valence-corrected chi connectivity index (χ2v) is 8.75. The quantitative estimate of drug-likeness (QED) is 0.477. The Morgan fingerprint density at radius 3 is 2.00 bits per heavy atom. The number of cyclic esters (lactones) is 1. The van der Waals surface area contributed by atoms with E-state index in [1.165, 1.54) is 0 Å². The number of hydrogen-bond acceptors (Lipinski definition) is 3. The number of ether oxygens (including phenoxy) is 1. The average Bonchev–Trinajstić information content (AvgIpc) is 3.51. The number of carbonyl (C=O) groups excluding carboxylic acids is 2. The molecule has 1 heterocycles. The molecule has 0 aromatic heterocycles. The third-order valence-corrected chi connectivity index (χ3v) is 5.16. The van der Waals surface area contributed by atoms with Crippen LogP contribution in [0, 0.1) is 69.1 Å². The zero-order chi connectivity index (χ0) is 22.5.